The molecule has 2 heterocycles. The molecule has 2 aliphatic carbocycles. The summed E-state index contributed by atoms with van der Waals surface area (Å²) < 4.78 is 7.90. The predicted octanol–water partition coefficient (Wildman–Crippen LogP) is 2.89. The predicted molar refractivity (Wildman–Crippen MR) is 91.7 cm³/mol. The zero-order valence-corrected chi connectivity index (χ0v) is 14.8. The van der Waals surface area contributed by atoms with Crippen LogP contribution in [0.5, 0.6) is 0 Å². The van der Waals surface area contributed by atoms with E-state index in [0.29, 0.717) is 25.0 Å². The van der Waals surface area contributed by atoms with Crippen molar-refractivity contribution in [2.24, 2.45) is 5.92 Å². The van der Waals surface area contributed by atoms with Crippen molar-refractivity contribution in [3.8, 4) is 0 Å². The van der Waals surface area contributed by atoms with E-state index in [1.807, 2.05) is 22.5 Å². The van der Waals surface area contributed by atoms with Crippen LogP contribution >= 0.6 is 0 Å². The minimum Gasteiger partial charge on any atom is -0.464 e. The number of hydrogen-bond acceptors (Lipinski definition) is 4. The molecular formula is C18H25N5O2. The highest BCUT2D eigenvalue weighted by molar-refractivity contribution is 5.74. The Labute approximate surface area is 147 Å². The lowest BCUT2D eigenvalue weighted by Gasteiger charge is -2.21. The number of nitrogens with one attached hydrogen (secondary N) is 1. The molecule has 2 fully saturated rings. The van der Waals surface area contributed by atoms with Crippen LogP contribution in [0.4, 0.5) is 4.79 Å². The van der Waals surface area contributed by atoms with E-state index in [1.54, 1.807) is 6.33 Å². The first kappa shape index (κ1) is 16.2. The van der Waals surface area contributed by atoms with E-state index in [0.717, 1.165) is 42.6 Å². The fourth-order valence-corrected chi connectivity index (χ4v) is 3.25. The highest BCUT2D eigenvalue weighted by atomic mass is 16.3. The van der Waals surface area contributed by atoms with Gasteiger partial charge in [0.15, 0.2) is 5.82 Å². The summed E-state index contributed by atoms with van der Waals surface area (Å²) in [5.41, 5.74) is 0. The highest BCUT2D eigenvalue weighted by Crippen LogP contribution is 2.47. The summed E-state index contributed by atoms with van der Waals surface area (Å²) in [6, 6.07) is 4.33. The fourth-order valence-electron chi connectivity index (χ4n) is 3.25. The van der Waals surface area contributed by atoms with Crippen molar-refractivity contribution in [3.05, 3.63) is 35.8 Å². The second-order valence-electron chi connectivity index (χ2n) is 7.17. The van der Waals surface area contributed by atoms with E-state index >= 15 is 0 Å². The summed E-state index contributed by atoms with van der Waals surface area (Å²) in [7, 11) is 0. The van der Waals surface area contributed by atoms with Gasteiger partial charge in [-0.25, -0.2) is 4.79 Å². The number of urea groups is 1. The van der Waals surface area contributed by atoms with Crippen LogP contribution < -0.4 is 5.32 Å². The van der Waals surface area contributed by atoms with Crippen LogP contribution in [0.25, 0.3) is 0 Å². The number of aryl methyl sites for hydroxylation is 1. The molecule has 0 unspecified atom stereocenters. The first-order valence-corrected chi connectivity index (χ1v) is 9.15. The highest BCUT2D eigenvalue weighted by Gasteiger charge is 2.37. The van der Waals surface area contributed by atoms with Crippen LogP contribution in [0, 0.1) is 5.92 Å². The second kappa shape index (κ2) is 6.54. The molecule has 25 heavy (non-hydrogen) atoms. The van der Waals surface area contributed by atoms with Crippen molar-refractivity contribution < 1.29 is 9.21 Å². The maximum absolute atomic E-state index is 12.6. The molecule has 2 saturated carbocycles. The number of carbonyl (C=O) groups is 1. The Morgan fingerprint density at radius 1 is 1.44 bits per heavy atom. The van der Waals surface area contributed by atoms with Crippen molar-refractivity contribution in [1.29, 1.82) is 0 Å². The van der Waals surface area contributed by atoms with Crippen molar-refractivity contribution in [2.45, 2.75) is 64.7 Å². The van der Waals surface area contributed by atoms with Gasteiger partial charge >= 0.3 is 6.03 Å². The molecule has 1 N–H and O–H groups in total. The molecule has 0 saturated heterocycles. The topological polar surface area (TPSA) is 76.2 Å². The molecule has 2 amide bonds. The molecule has 134 valence electrons. The molecule has 7 nitrogen and oxygen atoms in total. The summed E-state index contributed by atoms with van der Waals surface area (Å²) in [4.78, 5) is 14.5. The van der Waals surface area contributed by atoms with Gasteiger partial charge in [0.05, 0.1) is 13.1 Å². The van der Waals surface area contributed by atoms with Crippen LogP contribution in [-0.4, -0.2) is 31.7 Å². The van der Waals surface area contributed by atoms with Crippen molar-refractivity contribution >= 4 is 6.03 Å². The van der Waals surface area contributed by atoms with Crippen molar-refractivity contribution in [1.82, 2.24) is 25.0 Å². The van der Waals surface area contributed by atoms with Crippen molar-refractivity contribution in [3.63, 3.8) is 0 Å². The number of hydrogen-bond donors (Lipinski definition) is 1. The number of aromatic nitrogens is 3. The molecular weight excluding hydrogens is 318 g/mol. The molecule has 2 aromatic heterocycles. The van der Waals surface area contributed by atoms with E-state index < -0.39 is 0 Å². The summed E-state index contributed by atoms with van der Waals surface area (Å²) >= 11 is 0. The Morgan fingerprint density at radius 2 is 2.24 bits per heavy atom. The molecule has 0 aliphatic heterocycles. The van der Waals surface area contributed by atoms with E-state index in [2.05, 4.69) is 28.5 Å². The Hall–Kier alpha value is -2.31. The van der Waals surface area contributed by atoms with Crippen molar-refractivity contribution in [2.75, 3.05) is 0 Å². The lowest BCUT2D eigenvalue weighted by molar-refractivity contribution is 0.185. The Bertz CT molecular complexity index is 748. The lowest BCUT2D eigenvalue weighted by atomic mass is 10.3. The van der Waals surface area contributed by atoms with Crippen LogP contribution in [0.2, 0.25) is 0 Å². The van der Waals surface area contributed by atoms with E-state index in [4.69, 9.17) is 4.42 Å². The first-order valence-electron chi connectivity index (χ1n) is 9.15. The third-order valence-corrected chi connectivity index (χ3v) is 5.17. The van der Waals surface area contributed by atoms with Gasteiger partial charge in [0, 0.05) is 18.5 Å². The average Bonchev–Trinajstić information content (AvgIpc) is 3.48. The maximum atomic E-state index is 12.6. The minimum atomic E-state index is -0.0640. The smallest absolute Gasteiger partial charge is 0.318 e. The van der Waals surface area contributed by atoms with Gasteiger partial charge in [0.2, 0.25) is 0 Å². The summed E-state index contributed by atoms with van der Waals surface area (Å²) in [6.45, 7) is 5.97. The average molecular weight is 343 g/mol. The third-order valence-electron chi connectivity index (χ3n) is 5.17. The molecule has 2 aromatic rings. The second-order valence-corrected chi connectivity index (χ2v) is 7.17. The Kier molecular flexibility index (Phi) is 4.23. The molecule has 0 aromatic carbocycles. The van der Waals surface area contributed by atoms with Gasteiger partial charge in [-0.15, -0.1) is 10.2 Å². The van der Waals surface area contributed by atoms with Gasteiger partial charge in [0.25, 0.3) is 0 Å². The van der Waals surface area contributed by atoms with Gasteiger partial charge in [-0.1, -0.05) is 6.92 Å². The maximum Gasteiger partial charge on any atom is 0.318 e. The molecule has 0 bridgehead atoms. The van der Waals surface area contributed by atoms with Gasteiger partial charge in [-0.3, -0.25) is 0 Å². The lowest BCUT2D eigenvalue weighted by Crippen LogP contribution is -2.40. The zero-order chi connectivity index (χ0) is 17.4. The quantitative estimate of drug-likeness (QED) is 0.839. The molecule has 2 aliphatic rings. The third kappa shape index (κ3) is 3.55. The van der Waals surface area contributed by atoms with E-state index in [-0.39, 0.29) is 6.03 Å². The molecule has 0 spiro atoms. The SMILES string of the molecule is CCn1cnnc1CNC(=O)N(Cc1ccc([C@@H]2C[C@@H]2C)o1)C1CC1. The first-order chi connectivity index (χ1) is 12.2. The fraction of sp³-hybridized carbons (Fsp3) is 0.611. The number of amides is 2. The normalized spacial score (nSPS) is 22.0. The molecule has 0 radical (unpaired) electrons. The largest absolute Gasteiger partial charge is 0.464 e. The van der Waals surface area contributed by atoms with Crippen LogP contribution in [0.15, 0.2) is 22.9 Å². The molecule has 4 rings (SSSR count). The zero-order valence-electron chi connectivity index (χ0n) is 14.8. The number of furan rings is 1. The Balaban J connectivity index is 1.37. The number of rotatable bonds is 7. The summed E-state index contributed by atoms with van der Waals surface area (Å²) in [6.07, 6.45) is 5.01. The van der Waals surface area contributed by atoms with Gasteiger partial charge in [0.1, 0.15) is 17.8 Å². The van der Waals surface area contributed by atoms with Crippen LogP contribution in [0.1, 0.15) is 56.4 Å². The number of carbonyl (C=O) groups excluding carboxylic acids is 1. The van der Waals surface area contributed by atoms with E-state index in [1.165, 1.54) is 6.42 Å². The van der Waals surface area contributed by atoms with Gasteiger partial charge < -0.3 is 19.2 Å². The van der Waals surface area contributed by atoms with Crippen LogP contribution in [-0.2, 0) is 19.6 Å². The van der Waals surface area contributed by atoms with Crippen LogP contribution in [0.3, 0.4) is 0 Å². The number of nitrogens with zero attached hydrogens (tertiary/aromatic N) is 4. The molecule has 2 atom stereocenters. The monoisotopic (exact) mass is 343 g/mol. The summed E-state index contributed by atoms with van der Waals surface area (Å²) in [5, 5.41) is 10.9. The van der Waals surface area contributed by atoms with Gasteiger partial charge in [-0.2, -0.15) is 0 Å². The summed E-state index contributed by atoms with van der Waals surface area (Å²) in [5.74, 6) is 3.99. The molecule has 7 heteroatoms. The standard InChI is InChI=1S/C18H25N5O2/c1-3-22-11-20-21-17(22)9-19-18(24)23(13-4-5-13)10-14-6-7-16(25-14)15-8-12(15)2/h6-7,11-13,15H,3-5,8-10H2,1-2H3,(H,19,24)/t12-,15+/m0/s1. The Morgan fingerprint density at radius 3 is 2.92 bits per heavy atom. The van der Waals surface area contributed by atoms with E-state index in [9.17, 15) is 4.79 Å². The minimum absolute atomic E-state index is 0.0640. The van der Waals surface area contributed by atoms with Gasteiger partial charge in [-0.05, 0) is 44.2 Å².